The maximum atomic E-state index is 15.4. The highest BCUT2D eigenvalue weighted by Crippen LogP contribution is 2.38. The largest absolute Gasteiger partial charge is 0.361 e. The lowest BCUT2D eigenvalue weighted by Gasteiger charge is -2.23. The molecule has 2 aliphatic rings. The fourth-order valence-corrected chi connectivity index (χ4v) is 3.73. The topological polar surface area (TPSA) is 66.0 Å². The standard InChI is InChI=1S/C20H19BrClFN4O2.C2H6/c1-27-8-12-6-14(20(28)26-29-9-11-2-3-11)19(17(23)18(12)24-10-27)25-16-5-4-13(21)7-15(16)22;1-2/h4-7,10-11,25H,2-3,8-9H2,1H3,(H,26,28);1-2H3. The number of halogens is 3. The summed E-state index contributed by atoms with van der Waals surface area (Å²) in [6.07, 6.45) is 3.76. The highest BCUT2D eigenvalue weighted by atomic mass is 79.9. The summed E-state index contributed by atoms with van der Waals surface area (Å²) in [6, 6.07) is 6.80. The molecule has 166 valence electrons. The van der Waals surface area contributed by atoms with Crippen LogP contribution in [0, 0.1) is 11.7 Å². The summed E-state index contributed by atoms with van der Waals surface area (Å²) in [7, 11) is 1.83. The van der Waals surface area contributed by atoms with Crippen LogP contribution >= 0.6 is 27.5 Å². The van der Waals surface area contributed by atoms with Crippen molar-refractivity contribution >= 4 is 56.8 Å². The van der Waals surface area contributed by atoms with E-state index >= 15 is 4.39 Å². The second-order valence-electron chi connectivity index (χ2n) is 7.22. The molecule has 6 nitrogen and oxygen atoms in total. The van der Waals surface area contributed by atoms with E-state index in [2.05, 4.69) is 31.7 Å². The Hall–Kier alpha value is -2.16. The van der Waals surface area contributed by atoms with E-state index in [0.717, 1.165) is 17.3 Å². The van der Waals surface area contributed by atoms with Crippen LogP contribution in [-0.4, -0.2) is 30.8 Å². The molecule has 1 aliphatic carbocycles. The van der Waals surface area contributed by atoms with Gasteiger partial charge in [-0.2, -0.15) is 0 Å². The normalized spacial score (nSPS) is 14.5. The molecule has 0 unspecified atom stereocenters. The minimum absolute atomic E-state index is 0.00203. The van der Waals surface area contributed by atoms with E-state index in [9.17, 15) is 4.79 Å². The molecule has 0 aromatic heterocycles. The number of nitrogens with one attached hydrogen (secondary N) is 2. The molecule has 0 saturated heterocycles. The number of carbonyl (C=O) groups excluding carboxylic acids is 1. The van der Waals surface area contributed by atoms with Gasteiger partial charge in [0, 0.05) is 23.6 Å². The Labute approximate surface area is 194 Å². The Morgan fingerprint density at radius 2 is 2.10 bits per heavy atom. The van der Waals surface area contributed by atoms with Gasteiger partial charge >= 0.3 is 0 Å². The number of anilines is 2. The van der Waals surface area contributed by atoms with E-state index in [-0.39, 0.29) is 16.9 Å². The van der Waals surface area contributed by atoms with E-state index < -0.39 is 11.7 Å². The van der Waals surface area contributed by atoms with Crippen LogP contribution in [0.2, 0.25) is 5.02 Å². The zero-order valence-corrected chi connectivity index (χ0v) is 20.0. The lowest BCUT2D eigenvalue weighted by molar-refractivity contribution is 0.0270. The van der Waals surface area contributed by atoms with E-state index in [1.54, 1.807) is 30.6 Å². The Morgan fingerprint density at radius 3 is 2.77 bits per heavy atom. The summed E-state index contributed by atoms with van der Waals surface area (Å²) >= 11 is 9.62. The second-order valence-corrected chi connectivity index (χ2v) is 8.54. The summed E-state index contributed by atoms with van der Waals surface area (Å²) < 4.78 is 16.2. The molecule has 0 radical (unpaired) electrons. The van der Waals surface area contributed by atoms with Gasteiger partial charge < -0.3 is 10.2 Å². The number of nitrogens with zero attached hydrogens (tertiary/aromatic N) is 2. The molecule has 1 amide bonds. The summed E-state index contributed by atoms with van der Waals surface area (Å²) in [4.78, 5) is 24.1. The van der Waals surface area contributed by atoms with Gasteiger partial charge in [-0.25, -0.2) is 14.9 Å². The molecular weight excluding hydrogens is 487 g/mol. The monoisotopic (exact) mass is 510 g/mol. The maximum absolute atomic E-state index is 15.4. The van der Waals surface area contributed by atoms with Crippen molar-refractivity contribution in [3.63, 3.8) is 0 Å². The maximum Gasteiger partial charge on any atom is 0.277 e. The van der Waals surface area contributed by atoms with Crippen LogP contribution in [0.4, 0.5) is 21.5 Å². The third-order valence-corrected chi connectivity index (χ3v) is 5.55. The number of fused-ring (bicyclic) bond motifs is 1. The van der Waals surface area contributed by atoms with Crippen LogP contribution in [0.5, 0.6) is 0 Å². The van der Waals surface area contributed by atoms with Gasteiger partial charge in [-0.15, -0.1) is 0 Å². The zero-order chi connectivity index (χ0) is 22.5. The molecular formula is C22H25BrClFN4O2. The van der Waals surface area contributed by atoms with Gasteiger partial charge in [-0.1, -0.05) is 41.4 Å². The molecule has 1 aliphatic heterocycles. The number of hydroxylamine groups is 1. The molecule has 0 spiro atoms. The summed E-state index contributed by atoms with van der Waals surface area (Å²) in [6.45, 7) is 4.89. The fraction of sp³-hybridized carbons (Fsp3) is 0.364. The molecule has 0 bridgehead atoms. The summed E-state index contributed by atoms with van der Waals surface area (Å²) in [5.74, 6) is -0.656. The molecule has 1 saturated carbocycles. The number of hydrogen-bond acceptors (Lipinski definition) is 5. The number of hydrogen-bond donors (Lipinski definition) is 2. The van der Waals surface area contributed by atoms with E-state index in [0.29, 0.717) is 35.3 Å². The SMILES string of the molecule is CC.CN1C=Nc2c(cc(C(=O)NOCC3CC3)c(Nc3ccc(Br)cc3Cl)c2F)C1. The molecule has 2 aromatic carbocycles. The number of carbonyl (C=O) groups is 1. The molecule has 2 N–H and O–H groups in total. The van der Waals surface area contributed by atoms with Crippen molar-refractivity contribution in [2.24, 2.45) is 10.9 Å². The number of benzene rings is 2. The van der Waals surface area contributed by atoms with Crippen LogP contribution in [-0.2, 0) is 11.4 Å². The zero-order valence-electron chi connectivity index (χ0n) is 17.6. The first kappa shape index (κ1) is 23.5. The van der Waals surface area contributed by atoms with Crippen molar-refractivity contribution in [2.75, 3.05) is 19.0 Å². The first-order chi connectivity index (χ1) is 14.9. The van der Waals surface area contributed by atoms with Gasteiger partial charge in [-0.3, -0.25) is 9.63 Å². The Balaban J connectivity index is 0.00000132. The van der Waals surface area contributed by atoms with Crippen molar-refractivity contribution in [3.8, 4) is 0 Å². The van der Waals surface area contributed by atoms with E-state index in [4.69, 9.17) is 16.4 Å². The summed E-state index contributed by atoms with van der Waals surface area (Å²) in [5.41, 5.74) is 3.85. The van der Waals surface area contributed by atoms with Gasteiger partial charge in [0.05, 0.1) is 34.9 Å². The third kappa shape index (κ3) is 5.75. The predicted octanol–water partition coefficient (Wildman–Crippen LogP) is 6.19. The average molecular weight is 512 g/mol. The molecule has 9 heteroatoms. The third-order valence-electron chi connectivity index (χ3n) is 4.74. The lowest BCUT2D eigenvalue weighted by atomic mass is 10.0. The van der Waals surface area contributed by atoms with Gasteiger partial charge in [0.15, 0.2) is 5.82 Å². The molecule has 0 atom stereocenters. The smallest absolute Gasteiger partial charge is 0.277 e. The summed E-state index contributed by atoms with van der Waals surface area (Å²) in [5, 5.41) is 3.34. The van der Waals surface area contributed by atoms with Crippen molar-refractivity contribution < 1.29 is 14.0 Å². The van der Waals surface area contributed by atoms with Crippen molar-refractivity contribution in [2.45, 2.75) is 33.2 Å². The van der Waals surface area contributed by atoms with Crippen LogP contribution in [0.1, 0.15) is 42.6 Å². The lowest BCUT2D eigenvalue weighted by Crippen LogP contribution is -2.27. The average Bonchev–Trinajstić information content (AvgIpc) is 3.57. The number of amides is 1. The van der Waals surface area contributed by atoms with Crippen molar-refractivity contribution in [1.82, 2.24) is 10.4 Å². The molecule has 2 aromatic rings. The first-order valence-electron chi connectivity index (χ1n) is 10.2. The van der Waals surface area contributed by atoms with Crippen molar-refractivity contribution in [3.05, 3.63) is 50.7 Å². The highest BCUT2D eigenvalue weighted by Gasteiger charge is 2.26. The Morgan fingerprint density at radius 1 is 1.35 bits per heavy atom. The Bertz CT molecular complexity index is 998. The Kier molecular flexibility index (Phi) is 7.91. The molecule has 31 heavy (non-hydrogen) atoms. The second kappa shape index (κ2) is 10.4. The minimum Gasteiger partial charge on any atom is -0.361 e. The fourth-order valence-electron chi connectivity index (χ4n) is 3.01. The van der Waals surface area contributed by atoms with Crippen LogP contribution in [0.25, 0.3) is 0 Å². The van der Waals surface area contributed by atoms with E-state index in [1.807, 2.05) is 25.8 Å². The first-order valence-corrected chi connectivity index (χ1v) is 11.3. The molecule has 4 rings (SSSR count). The highest BCUT2D eigenvalue weighted by molar-refractivity contribution is 9.10. The van der Waals surface area contributed by atoms with Gasteiger partial charge in [-0.05, 0) is 43.0 Å². The van der Waals surface area contributed by atoms with E-state index in [1.165, 1.54) is 0 Å². The molecule has 1 fully saturated rings. The number of aliphatic imine (C=N–C) groups is 1. The van der Waals surface area contributed by atoms with Gasteiger partial charge in [0.2, 0.25) is 0 Å². The van der Waals surface area contributed by atoms with Gasteiger partial charge in [0.25, 0.3) is 5.91 Å². The van der Waals surface area contributed by atoms with Crippen LogP contribution in [0.15, 0.2) is 33.7 Å². The minimum atomic E-state index is -0.613. The van der Waals surface area contributed by atoms with Crippen LogP contribution < -0.4 is 10.8 Å². The molecule has 1 heterocycles. The van der Waals surface area contributed by atoms with Crippen LogP contribution in [0.3, 0.4) is 0 Å². The van der Waals surface area contributed by atoms with Crippen molar-refractivity contribution in [1.29, 1.82) is 0 Å². The number of rotatable bonds is 6. The van der Waals surface area contributed by atoms with Gasteiger partial charge in [0.1, 0.15) is 5.69 Å². The predicted molar refractivity (Wildman–Crippen MR) is 126 cm³/mol. The quantitative estimate of drug-likeness (QED) is 0.454.